The fraction of sp³-hybridized carbons (Fsp3) is 0.455. The van der Waals surface area contributed by atoms with Crippen molar-refractivity contribution in [2.45, 2.75) is 26.4 Å². The number of nitrogens with zero attached hydrogens (tertiary/aromatic N) is 1. The Morgan fingerprint density at radius 3 is 2.76 bits per heavy atom. The molecule has 0 aliphatic heterocycles. The summed E-state index contributed by atoms with van der Waals surface area (Å²) in [7, 11) is 0. The number of ether oxygens (including phenoxy) is 1. The van der Waals surface area contributed by atoms with Crippen LogP contribution in [0.3, 0.4) is 0 Å². The number of aliphatic carboxylic acids is 1. The van der Waals surface area contributed by atoms with Gasteiger partial charge in [-0.05, 0) is 26.0 Å². The highest BCUT2D eigenvalue weighted by Crippen LogP contribution is 2.11. The number of carbonyl (C=O) groups excluding carboxylic acids is 1. The van der Waals surface area contributed by atoms with Gasteiger partial charge in [0, 0.05) is 0 Å². The highest BCUT2D eigenvalue weighted by Gasteiger charge is 2.27. The maximum Gasteiger partial charge on any atom is 0.410 e. The van der Waals surface area contributed by atoms with E-state index in [-0.39, 0.29) is 13.2 Å². The second-order valence-corrected chi connectivity index (χ2v) is 3.42. The molecule has 94 valence electrons. The smallest absolute Gasteiger partial charge is 0.410 e. The molecule has 1 amide bonds. The van der Waals surface area contributed by atoms with Crippen LogP contribution in [0.25, 0.3) is 0 Å². The Labute approximate surface area is 98.8 Å². The lowest BCUT2D eigenvalue weighted by molar-refractivity contribution is -0.142. The minimum Gasteiger partial charge on any atom is -0.480 e. The Morgan fingerprint density at radius 2 is 2.29 bits per heavy atom. The van der Waals surface area contributed by atoms with Gasteiger partial charge in [0.1, 0.15) is 11.8 Å². The van der Waals surface area contributed by atoms with Crippen molar-refractivity contribution < 1.29 is 23.8 Å². The van der Waals surface area contributed by atoms with Crippen molar-refractivity contribution in [1.29, 1.82) is 0 Å². The molecule has 1 atom stereocenters. The van der Waals surface area contributed by atoms with E-state index in [9.17, 15) is 9.59 Å². The lowest BCUT2D eigenvalue weighted by Crippen LogP contribution is -2.42. The van der Waals surface area contributed by atoms with Crippen molar-refractivity contribution in [3.63, 3.8) is 0 Å². The molecule has 6 nitrogen and oxygen atoms in total. The quantitative estimate of drug-likeness (QED) is 0.848. The molecule has 0 fully saturated rings. The summed E-state index contributed by atoms with van der Waals surface area (Å²) < 4.78 is 9.89. The lowest BCUT2D eigenvalue weighted by atomic mass is 10.3. The van der Waals surface area contributed by atoms with E-state index in [0.29, 0.717) is 5.76 Å². The first-order chi connectivity index (χ1) is 8.06. The van der Waals surface area contributed by atoms with E-state index in [1.165, 1.54) is 13.2 Å². The van der Waals surface area contributed by atoms with Crippen molar-refractivity contribution in [2.75, 3.05) is 6.61 Å². The second-order valence-electron chi connectivity index (χ2n) is 3.42. The molecule has 0 saturated heterocycles. The number of hydrogen-bond acceptors (Lipinski definition) is 4. The lowest BCUT2D eigenvalue weighted by Gasteiger charge is -2.24. The Hall–Kier alpha value is -1.98. The van der Waals surface area contributed by atoms with Gasteiger partial charge in [-0.3, -0.25) is 4.90 Å². The second kappa shape index (κ2) is 5.93. The minimum atomic E-state index is -1.09. The molecule has 6 heteroatoms. The Bertz CT molecular complexity index is 373. The first-order valence-electron chi connectivity index (χ1n) is 5.24. The predicted molar refractivity (Wildman–Crippen MR) is 58.4 cm³/mol. The van der Waals surface area contributed by atoms with Crippen LogP contribution in [0.2, 0.25) is 0 Å². The zero-order valence-corrected chi connectivity index (χ0v) is 9.75. The highest BCUT2D eigenvalue weighted by molar-refractivity contribution is 5.79. The van der Waals surface area contributed by atoms with E-state index in [0.717, 1.165) is 4.90 Å². The third-order valence-corrected chi connectivity index (χ3v) is 2.23. The standard InChI is InChI=1S/C11H15NO5/c1-3-16-11(15)12(8(2)10(13)14)7-9-5-4-6-17-9/h4-6,8H,3,7H2,1-2H3,(H,13,14). The van der Waals surface area contributed by atoms with Crippen LogP contribution in [0.15, 0.2) is 22.8 Å². The number of carboxylic acid groups (broad SMARTS) is 1. The molecule has 1 unspecified atom stereocenters. The largest absolute Gasteiger partial charge is 0.480 e. The fourth-order valence-corrected chi connectivity index (χ4v) is 1.27. The summed E-state index contributed by atoms with van der Waals surface area (Å²) in [6, 6.07) is 2.37. The van der Waals surface area contributed by atoms with Gasteiger partial charge in [0.2, 0.25) is 0 Å². The van der Waals surface area contributed by atoms with Gasteiger partial charge in [-0.15, -0.1) is 0 Å². The monoisotopic (exact) mass is 241 g/mol. The van der Waals surface area contributed by atoms with E-state index >= 15 is 0 Å². The number of carboxylic acids is 1. The summed E-state index contributed by atoms with van der Waals surface area (Å²) in [5.41, 5.74) is 0. The van der Waals surface area contributed by atoms with Crippen LogP contribution in [0.4, 0.5) is 4.79 Å². The van der Waals surface area contributed by atoms with E-state index in [1.807, 2.05) is 0 Å². The summed E-state index contributed by atoms with van der Waals surface area (Å²) in [6.45, 7) is 3.34. The van der Waals surface area contributed by atoms with Crippen LogP contribution in [-0.2, 0) is 16.1 Å². The van der Waals surface area contributed by atoms with Gasteiger partial charge in [-0.2, -0.15) is 0 Å². The van der Waals surface area contributed by atoms with Crippen LogP contribution in [0.1, 0.15) is 19.6 Å². The molecule has 1 aromatic rings. The van der Waals surface area contributed by atoms with Crippen molar-refractivity contribution >= 4 is 12.1 Å². The van der Waals surface area contributed by atoms with Gasteiger partial charge in [-0.1, -0.05) is 0 Å². The molecule has 0 bridgehead atoms. The molecule has 1 aromatic heterocycles. The van der Waals surface area contributed by atoms with E-state index < -0.39 is 18.1 Å². The third kappa shape index (κ3) is 3.51. The van der Waals surface area contributed by atoms with Crippen molar-refractivity contribution in [3.8, 4) is 0 Å². The number of amides is 1. The number of furan rings is 1. The average molecular weight is 241 g/mol. The Morgan fingerprint density at radius 1 is 1.59 bits per heavy atom. The summed E-state index contributed by atoms with van der Waals surface area (Å²) in [5.74, 6) is -0.587. The third-order valence-electron chi connectivity index (χ3n) is 2.23. The Kier molecular flexibility index (Phi) is 4.56. The molecule has 1 N–H and O–H groups in total. The fourth-order valence-electron chi connectivity index (χ4n) is 1.27. The minimum absolute atomic E-state index is 0.0687. The topological polar surface area (TPSA) is 80.0 Å². The van der Waals surface area contributed by atoms with Crippen LogP contribution >= 0.6 is 0 Å². The molecule has 0 spiro atoms. The molecule has 1 rings (SSSR count). The molecule has 17 heavy (non-hydrogen) atoms. The van der Waals surface area contributed by atoms with Crippen molar-refractivity contribution in [2.24, 2.45) is 0 Å². The molecule has 0 aliphatic carbocycles. The molecule has 0 saturated carbocycles. The van der Waals surface area contributed by atoms with Gasteiger partial charge in [-0.25, -0.2) is 9.59 Å². The van der Waals surface area contributed by atoms with Gasteiger partial charge >= 0.3 is 12.1 Å². The van der Waals surface area contributed by atoms with E-state index in [2.05, 4.69) is 0 Å². The number of rotatable bonds is 5. The van der Waals surface area contributed by atoms with Crippen LogP contribution in [0, 0.1) is 0 Å². The molecular weight excluding hydrogens is 226 g/mol. The molecule has 0 aromatic carbocycles. The van der Waals surface area contributed by atoms with Gasteiger partial charge in [0.15, 0.2) is 0 Å². The van der Waals surface area contributed by atoms with E-state index in [4.69, 9.17) is 14.3 Å². The normalized spacial score (nSPS) is 11.9. The first-order valence-corrected chi connectivity index (χ1v) is 5.24. The van der Waals surface area contributed by atoms with Crippen molar-refractivity contribution in [3.05, 3.63) is 24.2 Å². The van der Waals surface area contributed by atoms with Gasteiger partial charge in [0.05, 0.1) is 19.4 Å². The number of carbonyl (C=O) groups is 2. The van der Waals surface area contributed by atoms with Gasteiger partial charge < -0.3 is 14.3 Å². The SMILES string of the molecule is CCOC(=O)N(Cc1ccco1)C(C)C(=O)O. The average Bonchev–Trinajstić information content (AvgIpc) is 2.77. The van der Waals surface area contributed by atoms with Crippen LogP contribution in [-0.4, -0.2) is 34.7 Å². The highest BCUT2D eigenvalue weighted by atomic mass is 16.6. The summed E-state index contributed by atoms with van der Waals surface area (Å²) in [4.78, 5) is 23.6. The zero-order chi connectivity index (χ0) is 12.8. The zero-order valence-electron chi connectivity index (χ0n) is 9.75. The number of hydrogen-bond donors (Lipinski definition) is 1. The molecular formula is C11H15NO5. The molecule has 0 radical (unpaired) electrons. The van der Waals surface area contributed by atoms with Gasteiger partial charge in [0.25, 0.3) is 0 Å². The van der Waals surface area contributed by atoms with Crippen LogP contribution < -0.4 is 0 Å². The first kappa shape index (κ1) is 13.1. The Balaban J connectivity index is 2.78. The maximum atomic E-state index is 11.6. The maximum absolute atomic E-state index is 11.6. The summed E-state index contributed by atoms with van der Waals surface area (Å²) in [6.07, 6.45) is 0.795. The van der Waals surface area contributed by atoms with Crippen LogP contribution in [0.5, 0.6) is 0 Å². The molecule has 1 heterocycles. The molecule has 0 aliphatic rings. The summed E-state index contributed by atoms with van der Waals surface area (Å²) >= 11 is 0. The van der Waals surface area contributed by atoms with Crippen molar-refractivity contribution in [1.82, 2.24) is 4.90 Å². The van der Waals surface area contributed by atoms with E-state index in [1.54, 1.807) is 19.1 Å². The summed E-state index contributed by atoms with van der Waals surface area (Å²) in [5, 5.41) is 8.92. The predicted octanol–water partition coefficient (Wildman–Crippen LogP) is 1.71.